The van der Waals surface area contributed by atoms with E-state index in [4.69, 9.17) is 39.5 Å². The lowest BCUT2D eigenvalue weighted by Crippen LogP contribution is -2.36. The molecule has 3 rings (SSSR count). The van der Waals surface area contributed by atoms with Crippen LogP contribution in [0.1, 0.15) is 30.0 Å². The number of ether oxygens (including phenoxy) is 1. The molecule has 6 heteroatoms. The molecule has 0 fully saturated rings. The van der Waals surface area contributed by atoms with Gasteiger partial charge in [-0.2, -0.15) is 0 Å². The smallest absolute Gasteiger partial charge is 0.320 e. The zero-order valence-corrected chi connectivity index (χ0v) is 20.4. The molecule has 3 nitrogen and oxygen atoms in total. The van der Waals surface area contributed by atoms with Crippen LogP contribution in [-0.2, 0) is 14.9 Å². The largest absolute Gasteiger partial charge is 0.465 e. The highest BCUT2D eigenvalue weighted by Gasteiger charge is 2.36. The number of benzene rings is 3. The molecule has 0 saturated heterocycles. The van der Waals surface area contributed by atoms with Gasteiger partial charge in [0, 0.05) is 20.5 Å². The number of rotatable bonds is 9. The zero-order valence-electron chi connectivity index (χ0n) is 18.2. The average Bonchev–Trinajstić information content (AvgIpc) is 2.77. The number of hydrogen-bond acceptors (Lipinski definition) is 3. The summed E-state index contributed by atoms with van der Waals surface area (Å²) in [5.41, 5.74) is 2.78. The maximum atomic E-state index is 12.0. The second-order valence-corrected chi connectivity index (χ2v) is 9.03. The van der Waals surface area contributed by atoms with Crippen molar-refractivity contribution >= 4 is 40.8 Å². The van der Waals surface area contributed by atoms with E-state index in [0.717, 1.165) is 16.7 Å². The molecule has 0 spiro atoms. The van der Waals surface area contributed by atoms with Crippen molar-refractivity contribution < 1.29 is 9.53 Å². The molecule has 0 aromatic heterocycles. The van der Waals surface area contributed by atoms with Crippen LogP contribution in [0.5, 0.6) is 0 Å². The van der Waals surface area contributed by atoms with Gasteiger partial charge in [0.05, 0.1) is 13.2 Å². The van der Waals surface area contributed by atoms with Crippen molar-refractivity contribution in [1.29, 1.82) is 0 Å². The fourth-order valence-electron chi connectivity index (χ4n) is 4.00. The Morgan fingerprint density at radius 2 is 1.16 bits per heavy atom. The van der Waals surface area contributed by atoms with E-state index >= 15 is 0 Å². The molecule has 0 saturated carbocycles. The number of esters is 1. The average molecular weight is 491 g/mol. The van der Waals surface area contributed by atoms with Gasteiger partial charge in [0.1, 0.15) is 0 Å². The molecular formula is C26H26Cl3NO2. The quantitative estimate of drug-likeness (QED) is 0.242. The van der Waals surface area contributed by atoms with E-state index in [1.54, 1.807) is 0 Å². The van der Waals surface area contributed by atoms with Crippen LogP contribution in [0, 0.1) is 0 Å². The first kappa shape index (κ1) is 24.6. The molecule has 0 aliphatic carbocycles. The molecule has 0 aliphatic heterocycles. The summed E-state index contributed by atoms with van der Waals surface area (Å²) >= 11 is 18.6. The third-order valence-corrected chi connectivity index (χ3v) is 6.34. The number of halogens is 3. The minimum absolute atomic E-state index is 0.228. The molecule has 3 aromatic carbocycles. The van der Waals surface area contributed by atoms with Gasteiger partial charge in [-0.1, -0.05) is 71.2 Å². The van der Waals surface area contributed by atoms with Gasteiger partial charge in [-0.25, -0.2) is 0 Å². The number of carbonyl (C=O) groups excluding carboxylic acids is 1. The Morgan fingerprint density at radius 3 is 1.50 bits per heavy atom. The lowest BCUT2D eigenvalue weighted by Gasteiger charge is -2.37. The highest BCUT2D eigenvalue weighted by Crippen LogP contribution is 2.43. The molecule has 0 bridgehead atoms. The highest BCUT2D eigenvalue weighted by atomic mass is 35.5. The van der Waals surface area contributed by atoms with Crippen LogP contribution in [0.25, 0.3) is 0 Å². The molecule has 0 unspecified atom stereocenters. The van der Waals surface area contributed by atoms with E-state index in [1.807, 2.05) is 55.3 Å². The van der Waals surface area contributed by atoms with Gasteiger partial charge in [-0.3, -0.25) is 9.69 Å². The highest BCUT2D eigenvalue weighted by molar-refractivity contribution is 6.31. The summed E-state index contributed by atoms with van der Waals surface area (Å²) in [6.45, 7) is 3.07. The van der Waals surface area contributed by atoms with Crippen LogP contribution in [0.2, 0.25) is 15.1 Å². The van der Waals surface area contributed by atoms with E-state index in [0.29, 0.717) is 34.6 Å². The topological polar surface area (TPSA) is 29.5 Å². The van der Waals surface area contributed by atoms with Gasteiger partial charge < -0.3 is 4.74 Å². The summed E-state index contributed by atoms with van der Waals surface area (Å²) in [6.07, 6.45) is 0.716. The Labute approximate surface area is 204 Å². The van der Waals surface area contributed by atoms with Crippen LogP contribution in [0.4, 0.5) is 0 Å². The fraction of sp³-hybridized carbons (Fsp3) is 0.269. The van der Waals surface area contributed by atoms with Crippen LogP contribution in [0.3, 0.4) is 0 Å². The third kappa shape index (κ3) is 5.85. The molecule has 0 aliphatic rings. The maximum absolute atomic E-state index is 12.0. The molecule has 168 valence electrons. The Kier molecular flexibility index (Phi) is 8.61. The summed E-state index contributed by atoms with van der Waals surface area (Å²) in [5, 5.41) is 2.03. The first-order valence-corrected chi connectivity index (χ1v) is 11.6. The number of nitrogens with zero attached hydrogens (tertiary/aromatic N) is 1. The number of carbonyl (C=O) groups is 1. The molecule has 0 N–H and O–H groups in total. The SMILES string of the molecule is CCOC(=O)CN(C)CCC(c1ccc(Cl)cc1)(c1ccc(Cl)cc1)c1ccc(Cl)cc1. The molecule has 0 heterocycles. The van der Waals surface area contributed by atoms with Crippen molar-refractivity contribution in [3.63, 3.8) is 0 Å². The van der Waals surface area contributed by atoms with E-state index < -0.39 is 5.41 Å². The van der Waals surface area contributed by atoms with Crippen molar-refractivity contribution in [3.05, 3.63) is 105 Å². The summed E-state index contributed by atoms with van der Waals surface area (Å²) in [7, 11) is 1.92. The normalized spacial score (nSPS) is 11.6. The van der Waals surface area contributed by atoms with Gasteiger partial charge >= 0.3 is 5.97 Å². The van der Waals surface area contributed by atoms with E-state index in [1.165, 1.54) is 0 Å². The Hall–Kier alpha value is -2.04. The minimum atomic E-state index is -0.497. The molecule has 0 radical (unpaired) electrons. The molecule has 3 aromatic rings. The first-order valence-electron chi connectivity index (χ1n) is 10.5. The van der Waals surface area contributed by atoms with E-state index in [-0.39, 0.29) is 12.5 Å². The lowest BCUT2D eigenvalue weighted by atomic mass is 9.67. The van der Waals surface area contributed by atoms with Crippen LogP contribution < -0.4 is 0 Å². The standard InChI is InChI=1S/C26H26Cl3NO2/c1-3-32-25(31)18-30(2)17-16-26(19-4-10-22(27)11-5-19,20-6-12-23(28)13-7-20)21-8-14-24(29)15-9-21/h4-15H,3,16-18H2,1-2H3. The van der Waals surface area contributed by atoms with Gasteiger partial charge in [0.15, 0.2) is 0 Å². The van der Waals surface area contributed by atoms with Crippen LogP contribution >= 0.6 is 34.8 Å². The third-order valence-electron chi connectivity index (χ3n) is 5.58. The number of likely N-dealkylation sites (N-methyl/N-ethyl adjacent to an activating group) is 1. The predicted octanol–water partition coefficient (Wildman–Crippen LogP) is 6.87. The van der Waals surface area contributed by atoms with Crippen LogP contribution in [0.15, 0.2) is 72.8 Å². The second kappa shape index (κ2) is 11.2. The van der Waals surface area contributed by atoms with Crippen molar-refractivity contribution in [2.75, 3.05) is 26.7 Å². The first-order chi connectivity index (χ1) is 15.3. The Bertz CT molecular complexity index is 908. The summed E-state index contributed by atoms with van der Waals surface area (Å²) < 4.78 is 5.11. The van der Waals surface area contributed by atoms with E-state index in [2.05, 4.69) is 36.4 Å². The summed E-state index contributed by atoms with van der Waals surface area (Å²) in [5.74, 6) is -0.231. The number of hydrogen-bond donors (Lipinski definition) is 0. The Balaban J connectivity index is 2.10. The van der Waals surface area contributed by atoms with Gasteiger partial charge in [-0.15, -0.1) is 0 Å². The molecule has 0 amide bonds. The van der Waals surface area contributed by atoms with Crippen molar-refractivity contribution in [3.8, 4) is 0 Å². The van der Waals surface area contributed by atoms with Crippen LogP contribution in [-0.4, -0.2) is 37.6 Å². The second-order valence-electron chi connectivity index (χ2n) is 7.72. The van der Waals surface area contributed by atoms with Gasteiger partial charge in [0.2, 0.25) is 0 Å². The van der Waals surface area contributed by atoms with Crippen molar-refractivity contribution in [1.82, 2.24) is 4.90 Å². The van der Waals surface area contributed by atoms with Crippen molar-refractivity contribution in [2.45, 2.75) is 18.8 Å². The Morgan fingerprint density at radius 1 is 0.781 bits per heavy atom. The summed E-state index contributed by atoms with van der Waals surface area (Å²) in [4.78, 5) is 14.0. The predicted molar refractivity (Wildman–Crippen MR) is 133 cm³/mol. The fourth-order valence-corrected chi connectivity index (χ4v) is 4.38. The molecular weight excluding hydrogens is 465 g/mol. The molecule has 0 atom stereocenters. The monoisotopic (exact) mass is 489 g/mol. The zero-order chi connectivity index (χ0) is 23.1. The summed E-state index contributed by atoms with van der Waals surface area (Å²) in [6, 6.07) is 23.7. The van der Waals surface area contributed by atoms with Crippen molar-refractivity contribution in [2.24, 2.45) is 0 Å². The molecule has 32 heavy (non-hydrogen) atoms. The lowest BCUT2D eigenvalue weighted by molar-refractivity contribution is -0.144. The minimum Gasteiger partial charge on any atom is -0.465 e. The van der Waals surface area contributed by atoms with Gasteiger partial charge in [-0.05, 0) is 80.0 Å². The maximum Gasteiger partial charge on any atom is 0.320 e. The van der Waals surface area contributed by atoms with Gasteiger partial charge in [0.25, 0.3) is 0 Å². The van der Waals surface area contributed by atoms with E-state index in [9.17, 15) is 4.79 Å².